The molecule has 6 heteroatoms. The standard InChI is InChI=1S/C23H28FNO4/c1-17-4-9-21(28-2)18(14-17)15-22(26)25-12-3-10-23(27,11-13-25)16-29-20-7-5-19(24)6-8-20/h4-9,14,27H,3,10-13,15-16H2,1-2H3. The molecule has 3 rings (SSSR count). The molecular weight excluding hydrogens is 373 g/mol. The molecule has 1 aliphatic heterocycles. The highest BCUT2D eigenvalue weighted by molar-refractivity contribution is 5.79. The fourth-order valence-corrected chi connectivity index (χ4v) is 3.64. The van der Waals surface area contributed by atoms with E-state index in [2.05, 4.69) is 0 Å². The number of methoxy groups -OCH3 is 1. The van der Waals surface area contributed by atoms with E-state index in [1.54, 1.807) is 24.1 Å². The third kappa shape index (κ3) is 5.70. The number of ether oxygens (including phenoxy) is 2. The second-order valence-electron chi connectivity index (χ2n) is 7.69. The van der Waals surface area contributed by atoms with Crippen molar-refractivity contribution in [3.05, 3.63) is 59.4 Å². The van der Waals surface area contributed by atoms with Gasteiger partial charge in [-0.15, -0.1) is 0 Å². The lowest BCUT2D eigenvalue weighted by Gasteiger charge is -2.27. The third-order valence-corrected chi connectivity index (χ3v) is 5.37. The number of benzene rings is 2. The summed E-state index contributed by atoms with van der Waals surface area (Å²) in [7, 11) is 1.60. The minimum Gasteiger partial charge on any atom is -0.496 e. The summed E-state index contributed by atoms with van der Waals surface area (Å²) in [6.07, 6.45) is 1.95. The van der Waals surface area contributed by atoms with Crippen LogP contribution in [0.4, 0.5) is 4.39 Å². The Morgan fingerprint density at radius 1 is 1.17 bits per heavy atom. The Bertz CT molecular complexity index is 839. The molecule has 1 fully saturated rings. The Morgan fingerprint density at radius 3 is 2.66 bits per heavy atom. The van der Waals surface area contributed by atoms with Gasteiger partial charge in [0.15, 0.2) is 0 Å². The second-order valence-corrected chi connectivity index (χ2v) is 7.69. The zero-order valence-corrected chi connectivity index (χ0v) is 17.0. The van der Waals surface area contributed by atoms with Gasteiger partial charge in [0.2, 0.25) is 5.91 Å². The van der Waals surface area contributed by atoms with E-state index in [-0.39, 0.29) is 24.8 Å². The summed E-state index contributed by atoms with van der Waals surface area (Å²) in [6, 6.07) is 11.5. The zero-order chi connectivity index (χ0) is 20.9. The Morgan fingerprint density at radius 2 is 1.93 bits per heavy atom. The van der Waals surface area contributed by atoms with E-state index in [1.165, 1.54) is 12.1 Å². The van der Waals surface area contributed by atoms with E-state index in [4.69, 9.17) is 9.47 Å². The van der Waals surface area contributed by atoms with Crippen molar-refractivity contribution in [1.29, 1.82) is 0 Å². The Labute approximate surface area is 171 Å². The van der Waals surface area contributed by atoms with Crippen molar-refractivity contribution in [2.75, 3.05) is 26.8 Å². The van der Waals surface area contributed by atoms with Crippen molar-refractivity contribution in [1.82, 2.24) is 4.90 Å². The van der Waals surface area contributed by atoms with Gasteiger partial charge < -0.3 is 19.5 Å². The number of amides is 1. The first-order chi connectivity index (χ1) is 13.9. The van der Waals surface area contributed by atoms with Gasteiger partial charge in [-0.25, -0.2) is 4.39 Å². The minimum absolute atomic E-state index is 0.0256. The van der Waals surface area contributed by atoms with Crippen molar-refractivity contribution >= 4 is 5.91 Å². The van der Waals surface area contributed by atoms with Gasteiger partial charge in [-0.05, 0) is 56.5 Å². The maximum Gasteiger partial charge on any atom is 0.227 e. The van der Waals surface area contributed by atoms with Crippen LogP contribution in [0.3, 0.4) is 0 Å². The number of hydrogen-bond acceptors (Lipinski definition) is 4. The predicted molar refractivity (Wildman–Crippen MR) is 109 cm³/mol. The van der Waals surface area contributed by atoms with Crippen LogP contribution in [0.1, 0.15) is 30.4 Å². The highest BCUT2D eigenvalue weighted by Gasteiger charge is 2.32. The van der Waals surface area contributed by atoms with E-state index in [0.717, 1.165) is 11.1 Å². The number of nitrogens with zero attached hydrogens (tertiary/aromatic N) is 1. The first-order valence-electron chi connectivity index (χ1n) is 9.91. The molecule has 29 heavy (non-hydrogen) atoms. The topological polar surface area (TPSA) is 59.0 Å². The third-order valence-electron chi connectivity index (χ3n) is 5.37. The van der Waals surface area contributed by atoms with E-state index in [9.17, 15) is 14.3 Å². The van der Waals surface area contributed by atoms with Crippen LogP contribution in [-0.2, 0) is 11.2 Å². The molecule has 1 saturated heterocycles. The summed E-state index contributed by atoms with van der Waals surface area (Å²) in [6.45, 7) is 3.18. The Balaban J connectivity index is 1.58. The maximum atomic E-state index is 13.0. The lowest BCUT2D eigenvalue weighted by atomic mass is 9.96. The van der Waals surface area contributed by atoms with Crippen LogP contribution in [0, 0.1) is 12.7 Å². The lowest BCUT2D eigenvalue weighted by molar-refractivity contribution is -0.130. The molecule has 0 aliphatic carbocycles. The molecule has 1 amide bonds. The number of hydrogen-bond donors (Lipinski definition) is 1. The van der Waals surface area contributed by atoms with Gasteiger partial charge in [0.05, 0.1) is 13.5 Å². The largest absolute Gasteiger partial charge is 0.496 e. The molecule has 1 heterocycles. The van der Waals surface area contributed by atoms with Crippen molar-refractivity contribution in [3.8, 4) is 11.5 Å². The fraction of sp³-hybridized carbons (Fsp3) is 0.435. The number of carbonyl (C=O) groups is 1. The smallest absolute Gasteiger partial charge is 0.227 e. The Hall–Kier alpha value is -2.60. The van der Waals surface area contributed by atoms with Crippen LogP contribution in [0.5, 0.6) is 11.5 Å². The van der Waals surface area contributed by atoms with Gasteiger partial charge in [-0.2, -0.15) is 0 Å². The minimum atomic E-state index is -1.01. The van der Waals surface area contributed by atoms with Gasteiger partial charge in [0, 0.05) is 18.7 Å². The maximum absolute atomic E-state index is 13.0. The lowest BCUT2D eigenvalue weighted by Crippen LogP contribution is -2.38. The van der Waals surface area contributed by atoms with Gasteiger partial charge >= 0.3 is 0 Å². The van der Waals surface area contributed by atoms with E-state index in [0.29, 0.717) is 43.9 Å². The monoisotopic (exact) mass is 401 g/mol. The summed E-state index contributed by atoms with van der Waals surface area (Å²) < 4.78 is 24.0. The summed E-state index contributed by atoms with van der Waals surface area (Å²) in [4.78, 5) is 14.6. The molecule has 2 aromatic carbocycles. The summed E-state index contributed by atoms with van der Waals surface area (Å²) in [5.41, 5.74) is 0.943. The number of halogens is 1. The van der Waals surface area contributed by atoms with Crippen molar-refractivity contribution in [2.24, 2.45) is 0 Å². The number of aryl methyl sites for hydroxylation is 1. The molecule has 0 spiro atoms. The van der Waals surface area contributed by atoms with E-state index >= 15 is 0 Å². The van der Waals surface area contributed by atoms with Crippen molar-refractivity contribution < 1.29 is 23.8 Å². The first kappa shape index (κ1) is 21.1. The zero-order valence-electron chi connectivity index (χ0n) is 17.0. The summed E-state index contributed by atoms with van der Waals surface area (Å²) in [5, 5.41) is 10.9. The van der Waals surface area contributed by atoms with Gasteiger partial charge in [0.25, 0.3) is 0 Å². The van der Waals surface area contributed by atoms with Crippen LogP contribution in [-0.4, -0.2) is 48.3 Å². The average Bonchev–Trinajstić information content (AvgIpc) is 2.90. The molecule has 156 valence electrons. The van der Waals surface area contributed by atoms with E-state index in [1.807, 2.05) is 25.1 Å². The number of rotatable bonds is 6. The first-order valence-corrected chi connectivity index (χ1v) is 9.91. The molecule has 0 saturated carbocycles. The highest BCUT2D eigenvalue weighted by Crippen LogP contribution is 2.26. The normalized spacial score (nSPS) is 19.5. The number of likely N-dealkylation sites (tertiary alicyclic amines) is 1. The molecule has 1 N–H and O–H groups in total. The summed E-state index contributed by atoms with van der Waals surface area (Å²) in [5.74, 6) is 0.925. The molecular formula is C23H28FNO4. The van der Waals surface area contributed by atoms with E-state index < -0.39 is 5.60 Å². The molecule has 0 aromatic heterocycles. The van der Waals surface area contributed by atoms with Crippen molar-refractivity contribution in [2.45, 2.75) is 38.2 Å². The van der Waals surface area contributed by atoms with Crippen LogP contribution >= 0.6 is 0 Å². The molecule has 1 unspecified atom stereocenters. The molecule has 5 nitrogen and oxygen atoms in total. The van der Waals surface area contributed by atoms with Crippen LogP contribution in [0.25, 0.3) is 0 Å². The molecule has 1 aliphatic rings. The van der Waals surface area contributed by atoms with Crippen LogP contribution in [0.15, 0.2) is 42.5 Å². The summed E-state index contributed by atoms with van der Waals surface area (Å²) >= 11 is 0. The quantitative estimate of drug-likeness (QED) is 0.805. The van der Waals surface area contributed by atoms with Gasteiger partial charge in [0.1, 0.15) is 29.5 Å². The van der Waals surface area contributed by atoms with Gasteiger partial charge in [-0.1, -0.05) is 17.7 Å². The second kappa shape index (κ2) is 9.27. The van der Waals surface area contributed by atoms with Crippen molar-refractivity contribution in [3.63, 3.8) is 0 Å². The van der Waals surface area contributed by atoms with Gasteiger partial charge in [-0.3, -0.25) is 4.79 Å². The number of aliphatic hydroxyl groups is 1. The predicted octanol–water partition coefficient (Wildman–Crippen LogP) is 3.51. The molecule has 0 radical (unpaired) electrons. The SMILES string of the molecule is COc1ccc(C)cc1CC(=O)N1CCCC(O)(COc2ccc(F)cc2)CC1. The van der Waals surface area contributed by atoms with Crippen LogP contribution < -0.4 is 9.47 Å². The highest BCUT2D eigenvalue weighted by atomic mass is 19.1. The molecule has 2 aromatic rings. The Kier molecular flexibility index (Phi) is 6.75. The number of carbonyl (C=O) groups excluding carboxylic acids is 1. The fourth-order valence-electron chi connectivity index (χ4n) is 3.64. The molecule has 0 bridgehead atoms. The molecule has 1 atom stereocenters. The average molecular weight is 401 g/mol. The van der Waals surface area contributed by atoms with Crippen LogP contribution in [0.2, 0.25) is 0 Å².